The lowest BCUT2D eigenvalue weighted by molar-refractivity contribution is -0.389. The second-order valence-electron chi connectivity index (χ2n) is 11.7. The first-order valence-corrected chi connectivity index (χ1v) is 15.5. The zero-order valence-corrected chi connectivity index (χ0v) is 27.0. The lowest BCUT2D eigenvalue weighted by Crippen LogP contribution is -2.34. The molecule has 2 amide bonds. The topological polar surface area (TPSA) is 159 Å². The van der Waals surface area contributed by atoms with Crippen LogP contribution >= 0.6 is 12.6 Å². The van der Waals surface area contributed by atoms with Crippen molar-refractivity contribution in [2.24, 2.45) is 0 Å². The normalized spacial score (nSPS) is 21.8. The van der Waals surface area contributed by atoms with Gasteiger partial charge in [-0.2, -0.15) is 12.6 Å². The van der Waals surface area contributed by atoms with Crippen LogP contribution in [-0.4, -0.2) is 51.3 Å². The number of hydrogen-bond acceptors (Lipinski definition) is 6. The number of aromatic amines is 1. The van der Waals surface area contributed by atoms with E-state index in [1.54, 1.807) is 6.92 Å². The molecule has 4 rings (SSSR count). The number of carbonyl (C=O) groups excluding carboxylic acids is 2. The molecular weight excluding hydrogens is 580 g/mol. The molecule has 0 spiro atoms. The summed E-state index contributed by atoms with van der Waals surface area (Å²) in [6.45, 7) is 11.5. The van der Waals surface area contributed by atoms with Crippen LogP contribution in [-0.2, 0) is 32.0 Å². The van der Waals surface area contributed by atoms with Crippen molar-refractivity contribution in [2.45, 2.75) is 97.4 Å². The summed E-state index contributed by atoms with van der Waals surface area (Å²) >= 11 is 4.61. The first kappa shape index (κ1) is 32.9. The quantitative estimate of drug-likeness (QED) is 0.145. The number of carbonyl (C=O) groups is 4. The average Bonchev–Trinajstić information content (AvgIpc) is 3.59. The van der Waals surface area contributed by atoms with Crippen molar-refractivity contribution in [3.8, 4) is 0 Å². The molecule has 0 radical (unpaired) electrons. The minimum Gasteiger partial charge on any atom is -0.481 e. The number of allylic oxidation sites excluding steroid dienone is 1. The number of nitrogens with one attached hydrogen (secondary N) is 4. The van der Waals surface area contributed by atoms with Crippen LogP contribution in [0.5, 0.6) is 0 Å². The number of rotatable bonds is 13. The molecule has 0 fully saturated rings. The third kappa shape index (κ3) is 6.72. The molecule has 10 nitrogen and oxygen atoms in total. The van der Waals surface area contributed by atoms with Gasteiger partial charge < -0.3 is 31.1 Å². The lowest BCUT2D eigenvalue weighted by atomic mass is 9.91. The number of H-pyrrole nitrogens is 1. The molecule has 238 valence electrons. The van der Waals surface area contributed by atoms with Crippen molar-refractivity contribution in [3.05, 3.63) is 74.1 Å². The number of carboxylic acids is 2. The van der Waals surface area contributed by atoms with Crippen LogP contribution in [0.2, 0.25) is 0 Å². The molecule has 1 aromatic heterocycles. The van der Waals surface area contributed by atoms with E-state index in [1.165, 1.54) is 0 Å². The van der Waals surface area contributed by atoms with Gasteiger partial charge in [-0.3, -0.25) is 24.8 Å². The highest BCUT2D eigenvalue weighted by Crippen LogP contribution is 2.38. The number of amides is 2. The molecule has 4 heterocycles. The Balaban J connectivity index is 1.70. The highest BCUT2D eigenvalue weighted by atomic mass is 32.1. The first-order chi connectivity index (χ1) is 20.7. The van der Waals surface area contributed by atoms with Crippen molar-refractivity contribution in [2.75, 3.05) is 0 Å². The molecule has 11 heteroatoms. The molecule has 1 unspecified atom stereocenters. The zero-order valence-electron chi connectivity index (χ0n) is 26.1. The Morgan fingerprint density at radius 3 is 2.36 bits per heavy atom. The number of aromatic nitrogens is 1. The maximum Gasteiger partial charge on any atom is 0.302 e. The summed E-state index contributed by atoms with van der Waals surface area (Å²) in [6, 6.07) is -0.513. The Bertz CT molecular complexity index is 1510. The third-order valence-electron chi connectivity index (χ3n) is 8.94. The Hall–Kier alpha value is -3.99. The van der Waals surface area contributed by atoms with Crippen LogP contribution in [0.4, 0.5) is 0 Å². The van der Waals surface area contributed by atoms with E-state index in [4.69, 9.17) is 0 Å². The van der Waals surface area contributed by atoms with E-state index in [0.717, 1.165) is 62.1 Å². The Labute approximate surface area is 263 Å². The molecule has 0 aliphatic carbocycles. The molecule has 0 saturated heterocycles. The van der Waals surface area contributed by atoms with Crippen molar-refractivity contribution < 1.29 is 34.4 Å². The summed E-state index contributed by atoms with van der Waals surface area (Å²) in [6.07, 6.45) is 5.48. The zero-order chi connectivity index (χ0) is 32.5. The van der Waals surface area contributed by atoms with Gasteiger partial charge in [0.25, 0.3) is 0 Å². The van der Waals surface area contributed by atoms with Crippen molar-refractivity contribution >= 4 is 42.5 Å². The number of thiol groups is 1. The van der Waals surface area contributed by atoms with Gasteiger partial charge in [0.05, 0.1) is 11.7 Å². The van der Waals surface area contributed by atoms with Crippen LogP contribution in [0.15, 0.2) is 39.3 Å². The summed E-state index contributed by atoms with van der Waals surface area (Å²) in [5.74, 6) is -1.17. The SMILES string of the molecule is CCC1=C(C)C([CH-]C2=C(C)[C-](CCC(=O)O)/C(=C/c3[nH+][c-](C[C@H]4NC(=O)C(C)=C4[C@H](C)S)c(C)c3CCC(=O)O)N2)NC1=O. The predicted octanol–water partition coefficient (Wildman–Crippen LogP) is 3.31. The first-order valence-electron chi connectivity index (χ1n) is 15.0. The monoisotopic (exact) mass is 622 g/mol. The van der Waals surface area contributed by atoms with Crippen LogP contribution in [0.3, 0.4) is 0 Å². The number of hydrogen-bond donors (Lipinski definition) is 6. The maximum absolute atomic E-state index is 12.5. The van der Waals surface area contributed by atoms with E-state index in [0.29, 0.717) is 31.3 Å². The van der Waals surface area contributed by atoms with Gasteiger partial charge in [0.15, 0.2) is 0 Å². The molecule has 3 aliphatic rings. The minimum atomic E-state index is -0.909. The molecule has 44 heavy (non-hydrogen) atoms. The van der Waals surface area contributed by atoms with E-state index < -0.39 is 11.9 Å². The molecule has 0 aromatic carbocycles. The van der Waals surface area contributed by atoms with E-state index in [2.05, 4.69) is 33.6 Å². The third-order valence-corrected chi connectivity index (χ3v) is 9.21. The van der Waals surface area contributed by atoms with Gasteiger partial charge in [-0.15, -0.1) is 24.3 Å². The fourth-order valence-corrected chi connectivity index (χ4v) is 6.82. The predicted molar refractivity (Wildman–Crippen MR) is 169 cm³/mol. The highest BCUT2D eigenvalue weighted by Gasteiger charge is 2.32. The highest BCUT2D eigenvalue weighted by molar-refractivity contribution is 7.81. The largest absolute Gasteiger partial charge is 0.481 e. The fourth-order valence-electron chi connectivity index (χ4n) is 6.45. The standard InChI is InChI=1S/C33H42N4O6S/c1-7-20-15(2)25(36-33(20)43)12-23-16(3)21(8-10-29(38)39)26(34-23)14-27-22(9-11-30(40)41)17(4)24(35-27)13-28-31(19(6)44)18(5)32(42)37-28/h12,14,19,25,28,34-35,44H,7-11,13H2,1-6H3,(H,36,43)(H,37,42)(H,38,39)(H,40,41)/q-2/b26-14-/t19-,25?,28+/m0/s1. The Kier molecular flexibility index (Phi) is 9.98. The fraction of sp³-hybridized carbons (Fsp3) is 0.455. The summed E-state index contributed by atoms with van der Waals surface area (Å²) in [5, 5.41) is 28.3. The second kappa shape index (κ2) is 13.3. The van der Waals surface area contributed by atoms with E-state index in [-0.39, 0.29) is 42.0 Å². The summed E-state index contributed by atoms with van der Waals surface area (Å²) in [5.41, 5.74) is 9.12. The van der Waals surface area contributed by atoms with Crippen molar-refractivity contribution in [3.63, 3.8) is 0 Å². The minimum absolute atomic E-state index is 0.0571. The Morgan fingerprint density at radius 1 is 1.09 bits per heavy atom. The van der Waals surface area contributed by atoms with Crippen LogP contribution in [0.25, 0.3) is 6.08 Å². The summed E-state index contributed by atoms with van der Waals surface area (Å²) in [7, 11) is 0. The van der Waals surface area contributed by atoms with Gasteiger partial charge in [0, 0.05) is 41.4 Å². The summed E-state index contributed by atoms with van der Waals surface area (Å²) in [4.78, 5) is 51.5. The maximum atomic E-state index is 12.5. The molecule has 0 saturated carbocycles. The molecular formula is C33H42N4O6S-2. The molecule has 0 bridgehead atoms. The van der Waals surface area contributed by atoms with Gasteiger partial charge in [0.2, 0.25) is 11.8 Å². The molecule has 3 aliphatic heterocycles. The summed E-state index contributed by atoms with van der Waals surface area (Å²) < 4.78 is 0. The molecule has 1 aromatic rings. The molecule has 6 N–H and O–H groups in total. The van der Waals surface area contributed by atoms with E-state index >= 15 is 0 Å². The van der Waals surface area contributed by atoms with Gasteiger partial charge in [-0.05, 0) is 38.8 Å². The van der Waals surface area contributed by atoms with Crippen LogP contribution in [0.1, 0.15) is 82.8 Å². The molecule has 3 atom stereocenters. The van der Waals surface area contributed by atoms with Gasteiger partial charge in [-0.25, -0.2) is 18.0 Å². The van der Waals surface area contributed by atoms with Gasteiger partial charge in [0.1, 0.15) is 0 Å². The van der Waals surface area contributed by atoms with Crippen LogP contribution in [0, 0.1) is 19.3 Å². The van der Waals surface area contributed by atoms with E-state index in [9.17, 15) is 29.4 Å². The smallest absolute Gasteiger partial charge is 0.302 e. The van der Waals surface area contributed by atoms with Crippen LogP contribution < -0.4 is 20.9 Å². The second-order valence-corrected chi connectivity index (χ2v) is 12.5. The Morgan fingerprint density at radius 2 is 1.77 bits per heavy atom. The number of aliphatic carboxylic acids is 2. The van der Waals surface area contributed by atoms with Crippen molar-refractivity contribution in [1.82, 2.24) is 16.0 Å². The van der Waals surface area contributed by atoms with Gasteiger partial charge in [-0.1, -0.05) is 37.8 Å². The lowest BCUT2D eigenvalue weighted by Gasteiger charge is -2.28. The number of carboxylic acid groups (broad SMARTS) is 2. The van der Waals surface area contributed by atoms with Gasteiger partial charge >= 0.3 is 11.9 Å². The van der Waals surface area contributed by atoms with E-state index in [1.807, 2.05) is 47.1 Å². The van der Waals surface area contributed by atoms with Crippen molar-refractivity contribution in [1.29, 1.82) is 0 Å². The average molecular weight is 623 g/mol.